The van der Waals surface area contributed by atoms with E-state index in [9.17, 15) is 13.2 Å². The second-order valence-electron chi connectivity index (χ2n) is 8.21. The molecule has 1 fully saturated rings. The average Bonchev–Trinajstić information content (AvgIpc) is 2.83. The van der Waals surface area contributed by atoms with Crippen molar-refractivity contribution >= 4 is 21.6 Å². The maximum Gasteiger partial charge on any atom is 0.271 e. The summed E-state index contributed by atoms with van der Waals surface area (Å²) in [5.74, 6) is 0.203. The molecule has 0 heterocycles. The van der Waals surface area contributed by atoms with Crippen LogP contribution in [0.2, 0.25) is 0 Å². The molecule has 2 aromatic carbocycles. The highest BCUT2D eigenvalue weighted by atomic mass is 32.2. The minimum atomic E-state index is -3.63. The van der Waals surface area contributed by atoms with Crippen LogP contribution in [-0.2, 0) is 10.0 Å². The molecule has 3 rings (SSSR count). The van der Waals surface area contributed by atoms with Gasteiger partial charge in [0.1, 0.15) is 0 Å². The van der Waals surface area contributed by atoms with Gasteiger partial charge in [-0.05, 0) is 55.0 Å². The third-order valence-corrected chi connectivity index (χ3v) is 8.22. The lowest BCUT2D eigenvalue weighted by atomic mass is 9.84. The van der Waals surface area contributed by atoms with E-state index in [-0.39, 0.29) is 10.5 Å². The molecular weight excluding hydrogens is 422 g/mol. The lowest BCUT2D eigenvalue weighted by molar-refractivity contribution is 0.0954. The van der Waals surface area contributed by atoms with Crippen LogP contribution in [0.3, 0.4) is 0 Å². The van der Waals surface area contributed by atoms with Crippen molar-refractivity contribution in [1.82, 2.24) is 9.73 Å². The van der Waals surface area contributed by atoms with Crippen LogP contribution >= 0.6 is 0 Å². The van der Waals surface area contributed by atoms with Gasteiger partial charge in [0.15, 0.2) is 0 Å². The topological polar surface area (TPSA) is 78.8 Å². The molecule has 6 nitrogen and oxygen atoms in total. The Morgan fingerprint density at radius 1 is 1.00 bits per heavy atom. The largest absolute Gasteiger partial charge is 0.271 e. The van der Waals surface area contributed by atoms with Crippen molar-refractivity contribution < 1.29 is 13.2 Å². The monoisotopic (exact) mass is 455 g/mol. The van der Waals surface area contributed by atoms with Crippen molar-refractivity contribution in [3.63, 3.8) is 0 Å². The number of hydrogen-bond donors (Lipinski definition) is 1. The Kier molecular flexibility index (Phi) is 8.21. The van der Waals surface area contributed by atoms with Gasteiger partial charge in [0.25, 0.3) is 5.91 Å². The summed E-state index contributed by atoms with van der Waals surface area (Å²) >= 11 is 0. The van der Waals surface area contributed by atoms with E-state index in [2.05, 4.69) is 22.7 Å². The molecule has 1 aliphatic rings. The standard InChI is InChI=1S/C25H33N3O3S/c1-4-28(5-2)32(30,31)24-13-9-12-23(18-24)25(29)27-26-19(3)20-14-16-22(17-15-20)21-10-7-6-8-11-21/h9,12-18,21H,4-8,10-11H2,1-3H3,(H,27,29). The van der Waals surface area contributed by atoms with Gasteiger partial charge in [-0.25, -0.2) is 13.8 Å². The average molecular weight is 456 g/mol. The van der Waals surface area contributed by atoms with E-state index < -0.39 is 15.9 Å². The van der Waals surface area contributed by atoms with Gasteiger partial charge in [-0.2, -0.15) is 9.41 Å². The highest BCUT2D eigenvalue weighted by Crippen LogP contribution is 2.32. The van der Waals surface area contributed by atoms with E-state index >= 15 is 0 Å². The number of hydrazone groups is 1. The van der Waals surface area contributed by atoms with Crippen molar-refractivity contribution in [3.05, 3.63) is 65.2 Å². The van der Waals surface area contributed by atoms with Crippen molar-refractivity contribution in [2.45, 2.75) is 63.7 Å². The Hall–Kier alpha value is -2.51. The zero-order valence-corrected chi connectivity index (χ0v) is 20.0. The number of amides is 1. The van der Waals surface area contributed by atoms with E-state index in [1.54, 1.807) is 26.0 Å². The first-order valence-corrected chi connectivity index (χ1v) is 12.9. The maximum atomic E-state index is 12.7. The van der Waals surface area contributed by atoms with E-state index in [1.807, 2.05) is 19.1 Å². The molecule has 0 radical (unpaired) electrons. The molecule has 0 saturated heterocycles. The van der Waals surface area contributed by atoms with E-state index in [0.29, 0.717) is 24.7 Å². The van der Waals surface area contributed by atoms with Crippen LogP contribution in [0.5, 0.6) is 0 Å². The van der Waals surface area contributed by atoms with Crippen molar-refractivity contribution in [3.8, 4) is 0 Å². The number of benzene rings is 2. The number of nitrogens with zero attached hydrogens (tertiary/aromatic N) is 2. The molecule has 0 unspecified atom stereocenters. The summed E-state index contributed by atoms with van der Waals surface area (Å²) in [6.45, 7) is 6.17. The van der Waals surface area contributed by atoms with Gasteiger partial charge >= 0.3 is 0 Å². The third-order valence-electron chi connectivity index (χ3n) is 6.17. The molecule has 2 aromatic rings. The Morgan fingerprint density at radius 3 is 2.28 bits per heavy atom. The molecule has 0 aromatic heterocycles. The Bertz CT molecular complexity index is 1050. The fourth-order valence-corrected chi connectivity index (χ4v) is 5.71. The van der Waals surface area contributed by atoms with Crippen LogP contribution in [0.4, 0.5) is 0 Å². The summed E-state index contributed by atoms with van der Waals surface area (Å²) in [5, 5.41) is 4.23. The second-order valence-corrected chi connectivity index (χ2v) is 10.2. The van der Waals surface area contributed by atoms with Crippen molar-refractivity contribution in [2.75, 3.05) is 13.1 Å². The van der Waals surface area contributed by atoms with Crippen LogP contribution in [0.25, 0.3) is 0 Å². The minimum Gasteiger partial charge on any atom is -0.267 e. The van der Waals surface area contributed by atoms with Crippen molar-refractivity contribution in [2.24, 2.45) is 5.10 Å². The summed E-state index contributed by atoms with van der Waals surface area (Å²) in [5.41, 5.74) is 5.82. The normalized spacial score (nSPS) is 15.7. The van der Waals surface area contributed by atoms with E-state index in [1.165, 1.54) is 54.1 Å². The molecule has 0 bridgehead atoms. The summed E-state index contributed by atoms with van der Waals surface area (Å²) in [4.78, 5) is 12.7. The fraction of sp³-hybridized carbons (Fsp3) is 0.440. The van der Waals surface area contributed by atoms with Gasteiger partial charge in [-0.1, -0.05) is 63.4 Å². The first-order valence-electron chi connectivity index (χ1n) is 11.4. The summed E-state index contributed by atoms with van der Waals surface area (Å²) in [7, 11) is -3.63. The predicted octanol–water partition coefficient (Wildman–Crippen LogP) is 4.92. The second kappa shape index (κ2) is 10.9. The van der Waals surface area contributed by atoms with Gasteiger partial charge in [0.05, 0.1) is 10.6 Å². The smallest absolute Gasteiger partial charge is 0.267 e. The number of nitrogens with one attached hydrogen (secondary N) is 1. The van der Waals surface area contributed by atoms with Gasteiger partial charge in [0.2, 0.25) is 10.0 Å². The highest BCUT2D eigenvalue weighted by Gasteiger charge is 2.22. The number of sulfonamides is 1. The number of carbonyl (C=O) groups excluding carboxylic acids is 1. The van der Waals surface area contributed by atoms with Crippen LogP contribution in [0.1, 0.15) is 80.3 Å². The highest BCUT2D eigenvalue weighted by molar-refractivity contribution is 7.89. The van der Waals surface area contributed by atoms with Crippen molar-refractivity contribution in [1.29, 1.82) is 0 Å². The van der Waals surface area contributed by atoms with Crippen LogP contribution in [0, 0.1) is 0 Å². The Balaban J connectivity index is 1.69. The molecule has 172 valence electrons. The number of hydrogen-bond acceptors (Lipinski definition) is 4. The summed E-state index contributed by atoms with van der Waals surface area (Å²) in [6, 6.07) is 14.5. The molecule has 0 atom stereocenters. The first-order chi connectivity index (χ1) is 15.4. The van der Waals surface area contributed by atoms with Gasteiger partial charge in [0, 0.05) is 18.7 Å². The third kappa shape index (κ3) is 5.64. The predicted molar refractivity (Wildman–Crippen MR) is 128 cm³/mol. The van der Waals surface area contributed by atoms with Gasteiger partial charge in [-0.15, -0.1) is 0 Å². The lowest BCUT2D eigenvalue weighted by Crippen LogP contribution is -2.30. The maximum absolute atomic E-state index is 12.7. The zero-order valence-electron chi connectivity index (χ0n) is 19.2. The molecule has 1 aliphatic carbocycles. The van der Waals surface area contributed by atoms with Crippen LogP contribution in [0.15, 0.2) is 58.5 Å². The molecule has 32 heavy (non-hydrogen) atoms. The van der Waals surface area contributed by atoms with Gasteiger partial charge in [-0.3, -0.25) is 4.79 Å². The molecule has 1 saturated carbocycles. The molecule has 1 amide bonds. The molecule has 0 aliphatic heterocycles. The Morgan fingerprint density at radius 2 is 1.66 bits per heavy atom. The zero-order chi connectivity index (χ0) is 23.1. The quantitative estimate of drug-likeness (QED) is 0.453. The fourth-order valence-electron chi connectivity index (χ4n) is 4.21. The molecule has 1 N–H and O–H groups in total. The molecule has 7 heteroatoms. The lowest BCUT2D eigenvalue weighted by Gasteiger charge is -2.22. The summed E-state index contributed by atoms with van der Waals surface area (Å²) < 4.78 is 26.8. The molecular formula is C25H33N3O3S. The number of rotatable bonds is 8. The minimum absolute atomic E-state index is 0.104. The summed E-state index contributed by atoms with van der Waals surface area (Å²) in [6.07, 6.45) is 6.45. The van der Waals surface area contributed by atoms with E-state index in [4.69, 9.17) is 0 Å². The number of carbonyl (C=O) groups is 1. The first kappa shape index (κ1) is 24.1. The molecule has 0 spiro atoms. The SMILES string of the molecule is CCN(CC)S(=O)(=O)c1cccc(C(=O)NN=C(C)c2ccc(C3CCCCC3)cc2)c1. The van der Waals surface area contributed by atoms with Gasteiger partial charge < -0.3 is 0 Å². The van der Waals surface area contributed by atoms with Crippen LogP contribution in [-0.4, -0.2) is 37.4 Å². The van der Waals surface area contributed by atoms with E-state index in [0.717, 1.165) is 5.56 Å². The Labute approximate surface area is 191 Å². The van der Waals surface area contributed by atoms with Crippen LogP contribution < -0.4 is 5.43 Å².